The van der Waals surface area contributed by atoms with E-state index >= 15 is 0 Å². The highest BCUT2D eigenvalue weighted by Gasteiger charge is 2.13. The Kier molecular flexibility index (Phi) is 4.99. The summed E-state index contributed by atoms with van der Waals surface area (Å²) in [5.41, 5.74) is 7.41. The lowest BCUT2D eigenvalue weighted by Crippen LogP contribution is -2.20. The summed E-state index contributed by atoms with van der Waals surface area (Å²) in [6.07, 6.45) is 0. The van der Waals surface area contributed by atoms with Gasteiger partial charge in [-0.25, -0.2) is 5.43 Å². The van der Waals surface area contributed by atoms with Crippen molar-refractivity contribution in [1.29, 1.82) is 0 Å². The molecule has 0 saturated carbocycles. The quantitative estimate of drug-likeness (QED) is 0.660. The van der Waals surface area contributed by atoms with Crippen molar-refractivity contribution in [2.24, 2.45) is 5.10 Å². The molecule has 0 aliphatic carbocycles. The molecule has 23 heavy (non-hydrogen) atoms. The number of aryl methyl sites for hydroxylation is 1. The fraction of sp³-hybridized carbons (Fsp3) is 0.300. The van der Waals surface area contributed by atoms with E-state index in [2.05, 4.69) is 43.4 Å². The van der Waals surface area contributed by atoms with Gasteiger partial charge in [-0.05, 0) is 42.0 Å². The van der Waals surface area contributed by atoms with E-state index in [1.165, 1.54) is 5.56 Å². The van der Waals surface area contributed by atoms with E-state index in [1.54, 1.807) is 6.07 Å². The molecule has 0 bridgehead atoms. The molecule has 120 valence electrons. The van der Waals surface area contributed by atoms with Gasteiger partial charge in [0.15, 0.2) is 0 Å². The molecule has 0 atom stereocenters. The second-order valence-electron chi connectivity index (χ2n) is 6.78. The summed E-state index contributed by atoms with van der Waals surface area (Å²) in [7, 11) is 0. The fourth-order valence-corrected chi connectivity index (χ4v) is 2.30. The van der Waals surface area contributed by atoms with Gasteiger partial charge in [0.05, 0.1) is 5.71 Å². The first-order chi connectivity index (χ1) is 10.8. The third-order valence-electron chi connectivity index (χ3n) is 3.88. The zero-order valence-electron chi connectivity index (χ0n) is 14.5. The standard InChI is InChI=1S/C20H24N2O/c1-14-8-6-7-9-18(14)19(23)22-21-15(2)16-10-12-17(13-11-16)20(3,4)5/h6-13H,1-5H3,(H,22,23)/b21-15-. The van der Waals surface area contributed by atoms with Crippen molar-refractivity contribution in [3.63, 3.8) is 0 Å². The Hall–Kier alpha value is -2.42. The summed E-state index contributed by atoms with van der Waals surface area (Å²) in [5, 5.41) is 4.22. The Morgan fingerprint density at radius 2 is 1.61 bits per heavy atom. The predicted octanol–water partition coefficient (Wildman–Crippen LogP) is 4.45. The molecule has 1 amide bonds. The van der Waals surface area contributed by atoms with Gasteiger partial charge in [0.2, 0.25) is 0 Å². The van der Waals surface area contributed by atoms with Crippen molar-refractivity contribution in [3.05, 3.63) is 70.8 Å². The van der Waals surface area contributed by atoms with Crippen LogP contribution >= 0.6 is 0 Å². The molecule has 3 heteroatoms. The Bertz CT molecular complexity index is 722. The predicted molar refractivity (Wildman–Crippen MR) is 96.0 cm³/mol. The minimum Gasteiger partial charge on any atom is -0.267 e. The number of hydrogen-bond acceptors (Lipinski definition) is 2. The molecule has 2 aromatic carbocycles. The van der Waals surface area contributed by atoms with Gasteiger partial charge in [0.1, 0.15) is 0 Å². The second kappa shape index (κ2) is 6.78. The lowest BCUT2D eigenvalue weighted by molar-refractivity contribution is 0.0954. The van der Waals surface area contributed by atoms with Crippen LogP contribution in [-0.4, -0.2) is 11.6 Å². The number of hydrazone groups is 1. The van der Waals surface area contributed by atoms with Crippen LogP contribution in [0.2, 0.25) is 0 Å². The van der Waals surface area contributed by atoms with E-state index in [9.17, 15) is 4.79 Å². The number of rotatable bonds is 3. The summed E-state index contributed by atoms with van der Waals surface area (Å²) in [5.74, 6) is -0.186. The van der Waals surface area contributed by atoms with Gasteiger partial charge in [0.25, 0.3) is 5.91 Å². The summed E-state index contributed by atoms with van der Waals surface area (Å²) in [4.78, 5) is 12.2. The van der Waals surface area contributed by atoms with E-state index in [-0.39, 0.29) is 11.3 Å². The van der Waals surface area contributed by atoms with Crippen molar-refractivity contribution in [2.75, 3.05) is 0 Å². The van der Waals surface area contributed by atoms with Crippen LogP contribution in [0, 0.1) is 6.92 Å². The second-order valence-corrected chi connectivity index (χ2v) is 6.78. The lowest BCUT2D eigenvalue weighted by Gasteiger charge is -2.19. The molecule has 0 fully saturated rings. The first-order valence-corrected chi connectivity index (χ1v) is 7.80. The largest absolute Gasteiger partial charge is 0.271 e. The molecule has 3 nitrogen and oxygen atoms in total. The van der Waals surface area contributed by atoms with Crippen molar-refractivity contribution < 1.29 is 4.79 Å². The van der Waals surface area contributed by atoms with Gasteiger partial charge in [0, 0.05) is 5.56 Å². The monoisotopic (exact) mass is 308 g/mol. The topological polar surface area (TPSA) is 41.5 Å². The zero-order chi connectivity index (χ0) is 17.0. The molecular weight excluding hydrogens is 284 g/mol. The number of hydrogen-bond donors (Lipinski definition) is 1. The number of amides is 1. The molecule has 0 aliphatic rings. The van der Waals surface area contributed by atoms with Gasteiger partial charge in [-0.15, -0.1) is 0 Å². The van der Waals surface area contributed by atoms with Crippen molar-refractivity contribution in [1.82, 2.24) is 5.43 Å². The van der Waals surface area contributed by atoms with Crippen LogP contribution in [0.15, 0.2) is 53.6 Å². The average molecular weight is 308 g/mol. The smallest absolute Gasteiger partial charge is 0.267 e. The highest BCUT2D eigenvalue weighted by molar-refractivity contribution is 6.01. The molecule has 0 spiro atoms. The number of carbonyl (C=O) groups is 1. The van der Waals surface area contributed by atoms with Crippen LogP contribution in [0.3, 0.4) is 0 Å². The number of carbonyl (C=O) groups excluding carboxylic acids is 1. The average Bonchev–Trinajstić information content (AvgIpc) is 2.52. The van der Waals surface area contributed by atoms with Crippen molar-refractivity contribution >= 4 is 11.6 Å². The van der Waals surface area contributed by atoms with Gasteiger partial charge >= 0.3 is 0 Å². The van der Waals surface area contributed by atoms with E-state index < -0.39 is 0 Å². The summed E-state index contributed by atoms with van der Waals surface area (Å²) in [6, 6.07) is 15.8. The molecule has 0 radical (unpaired) electrons. The maximum Gasteiger partial charge on any atom is 0.271 e. The summed E-state index contributed by atoms with van der Waals surface area (Å²) < 4.78 is 0. The fourth-order valence-electron chi connectivity index (χ4n) is 2.30. The first-order valence-electron chi connectivity index (χ1n) is 7.80. The maximum atomic E-state index is 12.2. The molecule has 0 heterocycles. The highest BCUT2D eigenvalue weighted by Crippen LogP contribution is 2.22. The summed E-state index contributed by atoms with van der Waals surface area (Å²) >= 11 is 0. The van der Waals surface area contributed by atoms with Crippen LogP contribution in [0.25, 0.3) is 0 Å². The minimum absolute atomic E-state index is 0.128. The zero-order valence-corrected chi connectivity index (χ0v) is 14.5. The Labute approximate surface area is 138 Å². The van der Waals surface area contributed by atoms with E-state index in [1.807, 2.05) is 44.2 Å². The van der Waals surface area contributed by atoms with Gasteiger partial charge in [-0.2, -0.15) is 5.10 Å². The number of nitrogens with zero attached hydrogens (tertiary/aromatic N) is 1. The lowest BCUT2D eigenvalue weighted by atomic mass is 9.86. The van der Waals surface area contributed by atoms with E-state index in [4.69, 9.17) is 0 Å². The molecule has 1 N–H and O–H groups in total. The van der Waals surface area contributed by atoms with E-state index in [0.29, 0.717) is 5.56 Å². The molecular formula is C20H24N2O. The first kappa shape index (κ1) is 16.9. The molecule has 0 unspecified atom stereocenters. The van der Waals surface area contributed by atoms with Crippen LogP contribution in [0.5, 0.6) is 0 Å². The van der Waals surface area contributed by atoms with Crippen LogP contribution in [0.1, 0.15) is 54.7 Å². The highest BCUT2D eigenvalue weighted by atomic mass is 16.2. The van der Waals surface area contributed by atoms with Gasteiger partial charge in [-0.1, -0.05) is 63.2 Å². The molecule has 0 aromatic heterocycles. The minimum atomic E-state index is -0.186. The maximum absolute atomic E-state index is 12.2. The van der Waals surface area contributed by atoms with Crippen LogP contribution in [0.4, 0.5) is 0 Å². The van der Waals surface area contributed by atoms with Gasteiger partial charge < -0.3 is 0 Å². The Morgan fingerprint density at radius 3 is 2.17 bits per heavy atom. The summed E-state index contributed by atoms with van der Waals surface area (Å²) in [6.45, 7) is 10.4. The third kappa shape index (κ3) is 4.28. The van der Waals surface area contributed by atoms with Crippen LogP contribution in [-0.2, 0) is 5.41 Å². The number of benzene rings is 2. The molecule has 0 aliphatic heterocycles. The van der Waals surface area contributed by atoms with Crippen molar-refractivity contribution in [3.8, 4) is 0 Å². The van der Waals surface area contributed by atoms with Crippen molar-refractivity contribution in [2.45, 2.75) is 40.0 Å². The van der Waals surface area contributed by atoms with E-state index in [0.717, 1.165) is 16.8 Å². The molecule has 0 saturated heterocycles. The normalized spacial score (nSPS) is 12.1. The Balaban J connectivity index is 2.11. The van der Waals surface area contributed by atoms with Crippen LogP contribution < -0.4 is 5.43 Å². The Morgan fingerprint density at radius 1 is 1.00 bits per heavy atom. The SMILES string of the molecule is C/C(=N/NC(=O)c1ccccc1C)c1ccc(C(C)(C)C)cc1. The molecule has 2 rings (SSSR count). The third-order valence-corrected chi connectivity index (χ3v) is 3.88. The van der Waals surface area contributed by atoms with Gasteiger partial charge in [-0.3, -0.25) is 4.79 Å². The molecule has 2 aromatic rings. The number of nitrogens with one attached hydrogen (secondary N) is 1.